The standard InChI is InChI=1S/C16H20N4/c1-3-4-9-16(10-17,11-20-13-18-12-19-20)15-7-5-14(2)6-8-15/h5-8,12-13H,3-4,9,11H2,1-2H3. The minimum absolute atomic E-state index is 0.530. The minimum atomic E-state index is -0.530. The van der Waals surface area contributed by atoms with Crippen LogP contribution < -0.4 is 0 Å². The van der Waals surface area contributed by atoms with Crippen LogP contribution in [0.2, 0.25) is 0 Å². The Balaban J connectivity index is 2.36. The number of unbranched alkanes of at least 4 members (excludes halogenated alkanes) is 1. The van der Waals surface area contributed by atoms with E-state index in [1.807, 2.05) is 0 Å². The second-order valence-corrected chi connectivity index (χ2v) is 5.26. The molecule has 1 unspecified atom stereocenters. The van der Waals surface area contributed by atoms with Crippen molar-refractivity contribution in [2.24, 2.45) is 0 Å². The Kier molecular flexibility index (Phi) is 4.52. The zero-order chi connectivity index (χ0) is 14.4. The first-order valence-corrected chi connectivity index (χ1v) is 7.01. The number of nitriles is 1. The molecular weight excluding hydrogens is 248 g/mol. The molecule has 0 radical (unpaired) electrons. The fourth-order valence-electron chi connectivity index (χ4n) is 2.41. The van der Waals surface area contributed by atoms with Crippen LogP contribution in [0.5, 0.6) is 0 Å². The maximum absolute atomic E-state index is 9.81. The highest BCUT2D eigenvalue weighted by molar-refractivity contribution is 5.34. The third-order valence-electron chi connectivity index (χ3n) is 3.67. The van der Waals surface area contributed by atoms with E-state index in [0.717, 1.165) is 24.8 Å². The van der Waals surface area contributed by atoms with E-state index >= 15 is 0 Å². The van der Waals surface area contributed by atoms with E-state index in [0.29, 0.717) is 6.54 Å². The molecule has 0 aliphatic carbocycles. The molecule has 0 fully saturated rings. The van der Waals surface area contributed by atoms with E-state index in [9.17, 15) is 5.26 Å². The van der Waals surface area contributed by atoms with Crippen molar-refractivity contribution in [3.8, 4) is 6.07 Å². The van der Waals surface area contributed by atoms with Crippen molar-refractivity contribution in [3.05, 3.63) is 48.0 Å². The molecule has 0 aliphatic rings. The van der Waals surface area contributed by atoms with Gasteiger partial charge in [0.25, 0.3) is 0 Å². The summed E-state index contributed by atoms with van der Waals surface area (Å²) in [6.07, 6.45) is 6.12. The van der Waals surface area contributed by atoms with Gasteiger partial charge in [-0.25, -0.2) is 4.98 Å². The highest BCUT2D eigenvalue weighted by Crippen LogP contribution is 2.31. The van der Waals surface area contributed by atoms with Gasteiger partial charge in [0.1, 0.15) is 18.1 Å². The number of nitrogens with zero attached hydrogens (tertiary/aromatic N) is 4. The van der Waals surface area contributed by atoms with Crippen molar-refractivity contribution in [2.75, 3.05) is 0 Å². The summed E-state index contributed by atoms with van der Waals surface area (Å²) in [6.45, 7) is 4.75. The highest BCUT2D eigenvalue weighted by Gasteiger charge is 2.32. The normalized spacial score (nSPS) is 13.7. The van der Waals surface area contributed by atoms with E-state index in [4.69, 9.17) is 0 Å². The molecule has 1 atom stereocenters. The first kappa shape index (κ1) is 14.3. The van der Waals surface area contributed by atoms with Gasteiger partial charge in [-0.1, -0.05) is 49.6 Å². The summed E-state index contributed by atoms with van der Waals surface area (Å²) in [5, 5.41) is 14.0. The second-order valence-electron chi connectivity index (χ2n) is 5.26. The smallest absolute Gasteiger partial charge is 0.137 e. The van der Waals surface area contributed by atoms with Gasteiger partial charge in [-0.15, -0.1) is 0 Å². The van der Waals surface area contributed by atoms with Crippen LogP contribution in [-0.4, -0.2) is 14.8 Å². The van der Waals surface area contributed by atoms with Crippen molar-refractivity contribution in [1.82, 2.24) is 14.8 Å². The molecule has 0 amide bonds. The van der Waals surface area contributed by atoms with Gasteiger partial charge in [-0.3, -0.25) is 4.68 Å². The third-order valence-corrected chi connectivity index (χ3v) is 3.67. The molecule has 0 N–H and O–H groups in total. The predicted octanol–water partition coefficient (Wildman–Crippen LogP) is 3.24. The predicted molar refractivity (Wildman–Crippen MR) is 78.0 cm³/mol. The molecule has 2 rings (SSSR count). The van der Waals surface area contributed by atoms with Crippen LogP contribution in [0, 0.1) is 18.3 Å². The number of rotatable bonds is 6. The Hall–Kier alpha value is -2.15. The lowest BCUT2D eigenvalue weighted by Crippen LogP contribution is -2.30. The summed E-state index contributed by atoms with van der Waals surface area (Å²) in [7, 11) is 0. The van der Waals surface area contributed by atoms with Crippen LogP contribution in [0.15, 0.2) is 36.9 Å². The molecule has 0 aliphatic heterocycles. The quantitative estimate of drug-likeness (QED) is 0.808. The first-order valence-electron chi connectivity index (χ1n) is 7.01. The Bertz CT molecular complexity index is 566. The topological polar surface area (TPSA) is 54.5 Å². The summed E-state index contributed by atoms with van der Waals surface area (Å²) in [5.74, 6) is 0. The van der Waals surface area contributed by atoms with E-state index < -0.39 is 5.41 Å². The molecule has 0 saturated carbocycles. The number of hydrogen-bond acceptors (Lipinski definition) is 3. The number of hydrogen-bond donors (Lipinski definition) is 0. The maximum Gasteiger partial charge on any atom is 0.137 e. The van der Waals surface area contributed by atoms with Crippen LogP contribution in [0.3, 0.4) is 0 Å². The van der Waals surface area contributed by atoms with Crippen LogP contribution in [-0.2, 0) is 12.0 Å². The van der Waals surface area contributed by atoms with E-state index in [2.05, 4.69) is 54.3 Å². The number of aryl methyl sites for hydroxylation is 1. The minimum Gasteiger partial charge on any atom is -0.251 e. The molecule has 4 heteroatoms. The zero-order valence-corrected chi connectivity index (χ0v) is 12.1. The lowest BCUT2D eigenvalue weighted by molar-refractivity contribution is 0.390. The van der Waals surface area contributed by atoms with Crippen molar-refractivity contribution < 1.29 is 0 Å². The molecule has 0 spiro atoms. The van der Waals surface area contributed by atoms with Gasteiger partial charge in [0.15, 0.2) is 0 Å². The molecule has 2 aromatic rings. The third kappa shape index (κ3) is 3.05. The molecule has 20 heavy (non-hydrogen) atoms. The average Bonchev–Trinajstić information content (AvgIpc) is 2.97. The van der Waals surface area contributed by atoms with Gasteiger partial charge in [-0.2, -0.15) is 10.4 Å². The van der Waals surface area contributed by atoms with Gasteiger partial charge in [-0.05, 0) is 18.9 Å². The summed E-state index contributed by atoms with van der Waals surface area (Å²) in [5.41, 5.74) is 1.74. The Morgan fingerprint density at radius 1 is 1.30 bits per heavy atom. The average molecular weight is 268 g/mol. The number of aromatic nitrogens is 3. The molecule has 0 saturated heterocycles. The SMILES string of the molecule is CCCCC(C#N)(Cn1cncn1)c1ccc(C)cc1. The largest absolute Gasteiger partial charge is 0.251 e. The Labute approximate surface area is 120 Å². The fourth-order valence-corrected chi connectivity index (χ4v) is 2.41. The fraction of sp³-hybridized carbons (Fsp3) is 0.438. The van der Waals surface area contributed by atoms with Gasteiger partial charge in [0.05, 0.1) is 12.6 Å². The molecule has 104 valence electrons. The van der Waals surface area contributed by atoms with Crippen molar-refractivity contribution in [1.29, 1.82) is 5.26 Å². The van der Waals surface area contributed by atoms with E-state index in [1.165, 1.54) is 11.9 Å². The van der Waals surface area contributed by atoms with Crippen LogP contribution in [0.4, 0.5) is 0 Å². The zero-order valence-electron chi connectivity index (χ0n) is 12.1. The van der Waals surface area contributed by atoms with Gasteiger partial charge in [0, 0.05) is 0 Å². The van der Waals surface area contributed by atoms with Gasteiger partial charge < -0.3 is 0 Å². The lowest BCUT2D eigenvalue weighted by atomic mass is 9.77. The van der Waals surface area contributed by atoms with Crippen LogP contribution >= 0.6 is 0 Å². The Morgan fingerprint density at radius 2 is 2.05 bits per heavy atom. The summed E-state index contributed by atoms with van der Waals surface area (Å²) in [6, 6.07) is 10.8. The van der Waals surface area contributed by atoms with Crippen LogP contribution in [0.25, 0.3) is 0 Å². The van der Waals surface area contributed by atoms with E-state index in [-0.39, 0.29) is 0 Å². The van der Waals surface area contributed by atoms with Crippen LogP contribution in [0.1, 0.15) is 37.3 Å². The monoisotopic (exact) mass is 268 g/mol. The first-order chi connectivity index (χ1) is 9.70. The summed E-state index contributed by atoms with van der Waals surface area (Å²) >= 11 is 0. The molecule has 4 nitrogen and oxygen atoms in total. The molecule has 1 heterocycles. The van der Waals surface area contributed by atoms with Crippen molar-refractivity contribution in [3.63, 3.8) is 0 Å². The van der Waals surface area contributed by atoms with Crippen molar-refractivity contribution in [2.45, 2.75) is 45.1 Å². The Morgan fingerprint density at radius 3 is 2.60 bits per heavy atom. The number of benzene rings is 1. The molecular formula is C16H20N4. The van der Waals surface area contributed by atoms with E-state index in [1.54, 1.807) is 11.0 Å². The summed E-state index contributed by atoms with van der Waals surface area (Å²) < 4.78 is 1.75. The second kappa shape index (κ2) is 6.33. The lowest BCUT2D eigenvalue weighted by Gasteiger charge is -2.27. The van der Waals surface area contributed by atoms with Gasteiger partial charge >= 0.3 is 0 Å². The molecule has 0 bridgehead atoms. The van der Waals surface area contributed by atoms with Gasteiger partial charge in [0.2, 0.25) is 0 Å². The molecule has 1 aromatic heterocycles. The summed E-state index contributed by atoms with van der Waals surface area (Å²) in [4.78, 5) is 3.97. The van der Waals surface area contributed by atoms with Crippen molar-refractivity contribution >= 4 is 0 Å². The highest BCUT2D eigenvalue weighted by atomic mass is 15.3. The molecule has 1 aromatic carbocycles. The maximum atomic E-state index is 9.81.